The lowest BCUT2D eigenvalue weighted by Gasteiger charge is -2.30. The van der Waals surface area contributed by atoms with Crippen LogP contribution in [0.1, 0.15) is 66.8 Å². The van der Waals surface area contributed by atoms with Crippen molar-refractivity contribution in [3.05, 3.63) is 40.7 Å². The summed E-state index contributed by atoms with van der Waals surface area (Å²) in [6, 6.07) is 4.41. The quantitative estimate of drug-likeness (QED) is 0.679. The van der Waals surface area contributed by atoms with E-state index in [1.807, 2.05) is 13.8 Å². The summed E-state index contributed by atoms with van der Waals surface area (Å²) in [6.45, 7) is 4.07. The predicted molar refractivity (Wildman–Crippen MR) is 110 cm³/mol. The number of anilines is 1. The van der Waals surface area contributed by atoms with Crippen molar-refractivity contribution in [3.8, 4) is 5.69 Å². The molecule has 0 aliphatic heterocycles. The van der Waals surface area contributed by atoms with Crippen LogP contribution in [0.5, 0.6) is 0 Å². The van der Waals surface area contributed by atoms with Gasteiger partial charge in [-0.1, -0.05) is 13.8 Å². The standard InChI is InChI=1S/C22H27F3N4O2/c1-21(2)9-8-14-17(11-21)29(28-19(14)22(23,24)25)12-6-7-13(20(26)31)16(10-12)27-15-4-3-5-18(15)30/h6-7,10,15,18,27,30H,3-5,8-9,11H2,1-2H3,(H2,26,31)/t15-,18+/m0/s1. The van der Waals surface area contributed by atoms with Crippen LogP contribution in [0.25, 0.3) is 5.69 Å². The molecule has 0 unspecified atom stereocenters. The molecule has 2 atom stereocenters. The normalized spacial score (nSPS) is 22.9. The zero-order valence-corrected chi connectivity index (χ0v) is 17.6. The number of carbonyl (C=O) groups is 1. The zero-order valence-electron chi connectivity index (χ0n) is 17.6. The summed E-state index contributed by atoms with van der Waals surface area (Å²) in [6.07, 6.45) is -1.43. The molecule has 2 aliphatic rings. The first-order chi connectivity index (χ1) is 14.5. The fraction of sp³-hybridized carbons (Fsp3) is 0.545. The van der Waals surface area contributed by atoms with Crippen molar-refractivity contribution in [1.29, 1.82) is 0 Å². The lowest BCUT2D eigenvalue weighted by atomic mass is 9.76. The van der Waals surface area contributed by atoms with Crippen LogP contribution in [0.2, 0.25) is 0 Å². The highest BCUT2D eigenvalue weighted by molar-refractivity contribution is 5.99. The predicted octanol–water partition coefficient (Wildman–Crippen LogP) is 3.83. The second-order valence-electron chi connectivity index (χ2n) is 9.37. The molecule has 168 valence electrons. The fourth-order valence-electron chi connectivity index (χ4n) is 4.68. The number of benzene rings is 1. The van der Waals surface area contributed by atoms with Crippen LogP contribution >= 0.6 is 0 Å². The lowest BCUT2D eigenvalue weighted by molar-refractivity contribution is -0.142. The molecule has 1 aromatic heterocycles. The molecule has 4 N–H and O–H groups in total. The average Bonchev–Trinajstić information content (AvgIpc) is 3.23. The topological polar surface area (TPSA) is 93.2 Å². The number of amides is 1. The summed E-state index contributed by atoms with van der Waals surface area (Å²) < 4.78 is 42.4. The number of hydrogen-bond acceptors (Lipinski definition) is 4. The number of nitrogens with one attached hydrogen (secondary N) is 1. The van der Waals surface area contributed by atoms with E-state index in [0.29, 0.717) is 42.8 Å². The van der Waals surface area contributed by atoms with Crippen molar-refractivity contribution in [2.45, 2.75) is 70.7 Å². The summed E-state index contributed by atoms with van der Waals surface area (Å²) in [5.74, 6) is -0.652. The molecule has 1 heterocycles. The van der Waals surface area contributed by atoms with Gasteiger partial charge in [-0.25, -0.2) is 4.68 Å². The summed E-state index contributed by atoms with van der Waals surface area (Å²) in [7, 11) is 0. The maximum atomic E-state index is 13.7. The molecule has 1 fully saturated rings. The molecule has 1 amide bonds. The second kappa shape index (κ2) is 7.55. The van der Waals surface area contributed by atoms with E-state index < -0.39 is 23.9 Å². The van der Waals surface area contributed by atoms with E-state index in [1.54, 1.807) is 12.1 Å². The van der Waals surface area contributed by atoms with Gasteiger partial charge in [0.25, 0.3) is 5.91 Å². The maximum Gasteiger partial charge on any atom is 0.435 e. The Morgan fingerprint density at radius 1 is 1.32 bits per heavy atom. The van der Waals surface area contributed by atoms with Crippen LogP contribution < -0.4 is 11.1 Å². The Morgan fingerprint density at radius 2 is 2.06 bits per heavy atom. The van der Waals surface area contributed by atoms with Crippen LogP contribution in [0.4, 0.5) is 18.9 Å². The highest BCUT2D eigenvalue weighted by Crippen LogP contribution is 2.42. The van der Waals surface area contributed by atoms with Gasteiger partial charge in [0.15, 0.2) is 5.69 Å². The van der Waals surface area contributed by atoms with Crippen molar-refractivity contribution in [2.24, 2.45) is 11.1 Å². The summed E-state index contributed by atoms with van der Waals surface area (Å²) >= 11 is 0. The first-order valence-corrected chi connectivity index (χ1v) is 10.5. The minimum Gasteiger partial charge on any atom is -0.391 e. The molecular weight excluding hydrogens is 409 g/mol. The van der Waals surface area contributed by atoms with Gasteiger partial charge in [0, 0.05) is 16.9 Å². The average molecular weight is 436 g/mol. The molecule has 4 rings (SSSR count). The van der Waals surface area contributed by atoms with Gasteiger partial charge in [0.1, 0.15) is 0 Å². The fourth-order valence-corrected chi connectivity index (χ4v) is 4.68. The number of aliphatic hydroxyl groups is 1. The Balaban J connectivity index is 1.81. The van der Waals surface area contributed by atoms with Gasteiger partial charge < -0.3 is 16.2 Å². The Hall–Kier alpha value is -2.55. The van der Waals surface area contributed by atoms with Crippen molar-refractivity contribution in [3.63, 3.8) is 0 Å². The van der Waals surface area contributed by atoms with Gasteiger partial charge in [-0.2, -0.15) is 18.3 Å². The Labute approximate surface area is 178 Å². The third kappa shape index (κ3) is 4.15. The van der Waals surface area contributed by atoms with Crippen LogP contribution in [0.3, 0.4) is 0 Å². The summed E-state index contributed by atoms with van der Waals surface area (Å²) in [4.78, 5) is 11.9. The lowest BCUT2D eigenvalue weighted by Crippen LogP contribution is -2.29. The van der Waals surface area contributed by atoms with Crippen molar-refractivity contribution in [2.75, 3.05) is 5.32 Å². The molecule has 0 saturated heterocycles. The van der Waals surface area contributed by atoms with Gasteiger partial charge in [-0.15, -0.1) is 0 Å². The number of rotatable bonds is 4. The van der Waals surface area contributed by atoms with E-state index in [0.717, 1.165) is 12.8 Å². The number of nitrogens with two attached hydrogens (primary N) is 1. The highest BCUT2D eigenvalue weighted by Gasteiger charge is 2.42. The second-order valence-corrected chi connectivity index (χ2v) is 9.37. The number of fused-ring (bicyclic) bond motifs is 1. The van der Waals surface area contributed by atoms with E-state index in [4.69, 9.17) is 5.73 Å². The summed E-state index contributed by atoms with van der Waals surface area (Å²) in [5.41, 5.74) is 6.34. The number of primary amides is 1. The number of halogens is 3. The molecule has 2 aliphatic carbocycles. The monoisotopic (exact) mass is 436 g/mol. The number of aromatic nitrogens is 2. The van der Waals surface area contributed by atoms with Gasteiger partial charge in [0.05, 0.1) is 23.4 Å². The van der Waals surface area contributed by atoms with Crippen LogP contribution in [0, 0.1) is 5.41 Å². The van der Waals surface area contributed by atoms with E-state index in [1.165, 1.54) is 10.7 Å². The van der Waals surface area contributed by atoms with Gasteiger partial charge in [0.2, 0.25) is 0 Å². The molecule has 0 bridgehead atoms. The Bertz CT molecular complexity index is 1010. The molecule has 0 radical (unpaired) electrons. The number of hydrogen-bond donors (Lipinski definition) is 3. The molecule has 1 saturated carbocycles. The Kier molecular flexibility index (Phi) is 5.28. The van der Waals surface area contributed by atoms with Crippen LogP contribution in [-0.4, -0.2) is 32.9 Å². The number of alkyl halides is 3. The van der Waals surface area contributed by atoms with Crippen molar-refractivity contribution in [1.82, 2.24) is 9.78 Å². The third-order valence-electron chi connectivity index (χ3n) is 6.39. The number of carbonyl (C=O) groups excluding carboxylic acids is 1. The van der Waals surface area contributed by atoms with Gasteiger partial charge >= 0.3 is 6.18 Å². The Morgan fingerprint density at radius 3 is 2.68 bits per heavy atom. The summed E-state index contributed by atoms with van der Waals surface area (Å²) in [5, 5.41) is 17.3. The number of nitrogens with zero attached hydrogens (tertiary/aromatic N) is 2. The first kappa shape index (κ1) is 21.7. The highest BCUT2D eigenvalue weighted by atomic mass is 19.4. The van der Waals surface area contributed by atoms with Gasteiger partial charge in [-0.3, -0.25) is 4.79 Å². The first-order valence-electron chi connectivity index (χ1n) is 10.5. The van der Waals surface area contributed by atoms with Crippen LogP contribution in [-0.2, 0) is 19.0 Å². The number of aliphatic hydroxyl groups excluding tert-OH is 1. The molecule has 2 aromatic rings. The van der Waals surface area contributed by atoms with E-state index in [-0.39, 0.29) is 22.6 Å². The van der Waals surface area contributed by atoms with E-state index in [2.05, 4.69) is 10.4 Å². The smallest absolute Gasteiger partial charge is 0.391 e. The van der Waals surface area contributed by atoms with E-state index >= 15 is 0 Å². The minimum atomic E-state index is -4.54. The molecule has 0 spiro atoms. The minimum absolute atomic E-state index is 0.143. The van der Waals surface area contributed by atoms with Crippen molar-refractivity contribution < 1.29 is 23.1 Å². The zero-order chi connectivity index (χ0) is 22.6. The van der Waals surface area contributed by atoms with Crippen molar-refractivity contribution >= 4 is 11.6 Å². The molecule has 1 aromatic carbocycles. The molecule has 6 nitrogen and oxygen atoms in total. The van der Waals surface area contributed by atoms with Crippen LogP contribution in [0.15, 0.2) is 18.2 Å². The maximum absolute atomic E-state index is 13.7. The van der Waals surface area contributed by atoms with E-state index in [9.17, 15) is 23.1 Å². The SMILES string of the molecule is CC1(C)CCc2c(C(F)(F)F)nn(-c3ccc(C(N)=O)c(N[C@H]4CCC[C@H]4O)c3)c2C1. The molecule has 9 heteroatoms. The molecular formula is C22H27F3N4O2. The third-order valence-corrected chi connectivity index (χ3v) is 6.39. The molecule has 31 heavy (non-hydrogen) atoms. The largest absolute Gasteiger partial charge is 0.435 e. The van der Waals surface area contributed by atoms with Gasteiger partial charge in [-0.05, 0) is 62.1 Å².